The number of fused-ring (bicyclic) bond motifs is 7. The second-order valence-corrected chi connectivity index (χ2v) is 10.8. The van der Waals surface area contributed by atoms with Crippen molar-refractivity contribution < 1.29 is 29.3 Å². The van der Waals surface area contributed by atoms with Crippen LogP contribution in [0.15, 0.2) is 40.2 Å². The van der Waals surface area contributed by atoms with Crippen LogP contribution in [0.5, 0.6) is 17.6 Å². The maximum absolute atomic E-state index is 11.5. The van der Waals surface area contributed by atoms with E-state index in [1.165, 1.54) is 16.1 Å². The SMILES string of the molecule is C[C@@]12O[C@@](CCOc3noc4ccc(Cl)cc34)(C[C@H]1O)c1c2c(O)n(-c2ccc(C#N)c3nscc23)c1O. The molecule has 5 heterocycles. The van der Waals surface area contributed by atoms with E-state index in [-0.39, 0.29) is 37.1 Å². The van der Waals surface area contributed by atoms with Gasteiger partial charge in [-0.05, 0) is 53.9 Å². The van der Waals surface area contributed by atoms with Crippen LogP contribution in [0.25, 0.3) is 27.6 Å². The average molecular weight is 551 g/mol. The Kier molecular flexibility index (Phi) is 4.81. The number of aliphatic hydroxyl groups excluding tert-OH is 1. The largest absolute Gasteiger partial charge is 0.494 e. The molecule has 12 heteroatoms. The van der Waals surface area contributed by atoms with Crippen molar-refractivity contribution in [3.63, 3.8) is 0 Å². The lowest BCUT2D eigenvalue weighted by atomic mass is 9.76. The Hall–Kier alpha value is -3.82. The van der Waals surface area contributed by atoms with Gasteiger partial charge in [-0.3, -0.25) is 4.57 Å². The zero-order chi connectivity index (χ0) is 26.4. The summed E-state index contributed by atoms with van der Waals surface area (Å²) in [6.45, 7) is 1.82. The summed E-state index contributed by atoms with van der Waals surface area (Å²) in [4.78, 5) is 0. The van der Waals surface area contributed by atoms with Gasteiger partial charge in [0.25, 0.3) is 5.88 Å². The van der Waals surface area contributed by atoms with E-state index in [1.807, 2.05) is 0 Å². The van der Waals surface area contributed by atoms with Gasteiger partial charge in [-0.1, -0.05) is 11.6 Å². The number of aromatic hydroxyl groups is 2. The van der Waals surface area contributed by atoms with Gasteiger partial charge in [0.2, 0.25) is 11.8 Å². The number of rotatable bonds is 5. The predicted molar refractivity (Wildman–Crippen MR) is 137 cm³/mol. The van der Waals surface area contributed by atoms with Crippen LogP contribution in [0, 0.1) is 11.3 Å². The highest BCUT2D eigenvalue weighted by molar-refractivity contribution is 7.04. The molecule has 7 rings (SSSR count). The molecule has 2 aliphatic rings. The number of hydrogen-bond acceptors (Lipinski definition) is 10. The lowest BCUT2D eigenvalue weighted by Crippen LogP contribution is -2.33. The summed E-state index contributed by atoms with van der Waals surface area (Å²) in [7, 11) is 0. The van der Waals surface area contributed by atoms with Gasteiger partial charge >= 0.3 is 0 Å². The summed E-state index contributed by atoms with van der Waals surface area (Å²) in [6, 6.07) is 10.5. The molecule has 0 radical (unpaired) electrons. The third-order valence-electron chi connectivity index (χ3n) is 7.65. The van der Waals surface area contributed by atoms with Gasteiger partial charge in [0, 0.05) is 28.6 Å². The molecule has 5 aromatic rings. The highest BCUT2D eigenvalue weighted by Gasteiger charge is 2.66. The van der Waals surface area contributed by atoms with E-state index < -0.39 is 17.3 Å². The van der Waals surface area contributed by atoms with Crippen molar-refractivity contribution in [1.29, 1.82) is 5.26 Å². The Morgan fingerprint density at radius 1 is 1.24 bits per heavy atom. The Morgan fingerprint density at radius 2 is 2.05 bits per heavy atom. The maximum Gasteiger partial charge on any atom is 0.262 e. The van der Waals surface area contributed by atoms with E-state index in [0.29, 0.717) is 49.3 Å². The van der Waals surface area contributed by atoms with Gasteiger partial charge in [0.05, 0.1) is 40.5 Å². The molecular weight excluding hydrogens is 532 g/mol. The lowest BCUT2D eigenvalue weighted by molar-refractivity contribution is -0.107. The number of nitriles is 1. The monoisotopic (exact) mass is 550 g/mol. The number of aromatic nitrogens is 3. The molecule has 1 fully saturated rings. The van der Waals surface area contributed by atoms with Crippen LogP contribution in [0.4, 0.5) is 0 Å². The van der Waals surface area contributed by atoms with Gasteiger partial charge in [-0.25, -0.2) is 0 Å². The number of nitrogens with zero attached hydrogens (tertiary/aromatic N) is 4. The van der Waals surface area contributed by atoms with Gasteiger partial charge < -0.3 is 29.3 Å². The minimum absolute atomic E-state index is 0.122. The molecule has 2 aromatic carbocycles. The maximum atomic E-state index is 11.5. The van der Waals surface area contributed by atoms with E-state index in [9.17, 15) is 20.6 Å². The Labute approximate surface area is 224 Å². The minimum atomic E-state index is -1.24. The summed E-state index contributed by atoms with van der Waals surface area (Å²) < 4.78 is 23.2. The topological polar surface area (TPSA) is 147 Å². The van der Waals surface area contributed by atoms with Crippen molar-refractivity contribution in [3.8, 4) is 29.4 Å². The summed E-state index contributed by atoms with van der Waals surface area (Å²) in [5.41, 5.74) is 0.240. The molecule has 2 aliphatic heterocycles. The molecule has 0 spiro atoms. The van der Waals surface area contributed by atoms with E-state index in [1.54, 1.807) is 42.6 Å². The fourth-order valence-corrected chi connectivity index (χ4v) is 6.75. The first-order valence-corrected chi connectivity index (χ1v) is 13.0. The van der Waals surface area contributed by atoms with Crippen LogP contribution >= 0.6 is 23.1 Å². The minimum Gasteiger partial charge on any atom is -0.494 e. The second-order valence-electron chi connectivity index (χ2n) is 9.70. The molecule has 2 bridgehead atoms. The van der Waals surface area contributed by atoms with Crippen molar-refractivity contribution in [1.82, 2.24) is 14.1 Å². The van der Waals surface area contributed by atoms with Crippen molar-refractivity contribution in [2.45, 2.75) is 37.1 Å². The standard InChI is InChI=1S/C26H19ClN4O6S/c1-25-18(32)9-26(37-25,6-7-35-22-14-8-13(27)3-5-17(14)36-29-22)20-19(25)23(33)31(24(20)34)16-4-2-12(10-28)21-15(16)11-38-30-21/h2-5,8,11,18,32-34H,6-7,9H2,1H3/t18-,25-,26+/m1/s1. The van der Waals surface area contributed by atoms with Crippen LogP contribution in [0.1, 0.15) is 36.5 Å². The highest BCUT2D eigenvalue weighted by Crippen LogP contribution is 2.65. The lowest BCUT2D eigenvalue weighted by Gasteiger charge is -2.26. The normalized spacial score (nSPS) is 23.8. The van der Waals surface area contributed by atoms with Gasteiger partial charge in [0.15, 0.2) is 5.58 Å². The summed E-state index contributed by atoms with van der Waals surface area (Å²) in [5, 5.41) is 50.9. The zero-order valence-electron chi connectivity index (χ0n) is 19.8. The van der Waals surface area contributed by atoms with Gasteiger partial charge in [-0.2, -0.15) is 9.64 Å². The molecule has 0 amide bonds. The van der Waals surface area contributed by atoms with E-state index in [2.05, 4.69) is 15.6 Å². The molecule has 0 saturated carbocycles. The van der Waals surface area contributed by atoms with Crippen LogP contribution in [0.2, 0.25) is 5.02 Å². The fraction of sp³-hybridized carbons (Fsp3) is 0.269. The van der Waals surface area contributed by atoms with Crippen molar-refractivity contribution >= 4 is 45.0 Å². The van der Waals surface area contributed by atoms with Crippen molar-refractivity contribution in [3.05, 3.63) is 57.4 Å². The van der Waals surface area contributed by atoms with Crippen LogP contribution in [-0.2, 0) is 15.9 Å². The first kappa shape index (κ1) is 23.3. The molecule has 10 nitrogen and oxygen atoms in total. The van der Waals surface area contributed by atoms with Gasteiger partial charge in [-0.15, -0.1) is 0 Å². The van der Waals surface area contributed by atoms with E-state index in [0.717, 1.165) is 0 Å². The molecule has 3 aromatic heterocycles. The van der Waals surface area contributed by atoms with Crippen molar-refractivity contribution in [2.75, 3.05) is 6.61 Å². The van der Waals surface area contributed by atoms with Crippen LogP contribution < -0.4 is 4.74 Å². The van der Waals surface area contributed by atoms with E-state index >= 15 is 0 Å². The van der Waals surface area contributed by atoms with Crippen molar-refractivity contribution in [2.24, 2.45) is 0 Å². The third kappa shape index (κ3) is 2.94. The Balaban J connectivity index is 1.29. The van der Waals surface area contributed by atoms with Gasteiger partial charge in [0.1, 0.15) is 22.8 Å². The number of hydrogen-bond donors (Lipinski definition) is 3. The first-order chi connectivity index (χ1) is 18.3. The second kappa shape index (κ2) is 7.85. The van der Waals surface area contributed by atoms with Crippen LogP contribution in [-0.4, -0.2) is 42.1 Å². The summed E-state index contributed by atoms with van der Waals surface area (Å²) in [5.74, 6) is -0.173. The molecule has 3 atom stereocenters. The molecule has 192 valence electrons. The fourth-order valence-electron chi connectivity index (χ4n) is 5.88. The summed E-state index contributed by atoms with van der Waals surface area (Å²) >= 11 is 7.28. The number of halogens is 1. The van der Waals surface area contributed by atoms with E-state index in [4.69, 9.17) is 25.6 Å². The predicted octanol–water partition coefficient (Wildman–Crippen LogP) is 4.84. The molecule has 1 saturated heterocycles. The van der Waals surface area contributed by atoms with Crippen LogP contribution in [0.3, 0.4) is 0 Å². The Bertz CT molecular complexity index is 1820. The molecule has 38 heavy (non-hydrogen) atoms. The molecular formula is C26H19ClN4O6S. The third-order valence-corrected chi connectivity index (χ3v) is 8.52. The average Bonchev–Trinajstić information content (AvgIpc) is 3.67. The number of aliphatic hydroxyl groups is 1. The smallest absolute Gasteiger partial charge is 0.262 e. The number of benzene rings is 2. The first-order valence-electron chi connectivity index (χ1n) is 11.8. The Morgan fingerprint density at radius 3 is 2.87 bits per heavy atom. The molecule has 3 N–H and O–H groups in total. The number of ether oxygens (including phenoxy) is 2. The molecule has 0 aliphatic carbocycles. The summed E-state index contributed by atoms with van der Waals surface area (Å²) in [6.07, 6.45) is -0.474. The highest BCUT2D eigenvalue weighted by atomic mass is 35.5. The molecule has 0 unspecified atom stereocenters. The zero-order valence-corrected chi connectivity index (χ0v) is 21.4. The quantitative estimate of drug-likeness (QED) is 0.279.